The van der Waals surface area contributed by atoms with Gasteiger partial charge < -0.3 is 33.5 Å². The summed E-state index contributed by atoms with van der Waals surface area (Å²) in [5, 5.41) is 0. The van der Waals surface area contributed by atoms with Crippen LogP contribution in [0.3, 0.4) is 0 Å². The zero-order valence-corrected chi connectivity index (χ0v) is 67.4. The minimum absolute atomic E-state index is 0.166. The van der Waals surface area contributed by atoms with Crippen LogP contribution < -0.4 is 0 Å². The van der Waals surface area contributed by atoms with E-state index in [4.69, 9.17) is 23.7 Å². The zero-order chi connectivity index (χ0) is 72.6. The number of nitrogens with zero attached hydrogens (tertiary/aromatic N) is 2. The third-order valence-corrected chi connectivity index (χ3v) is 18.9. The molecular weight excluding hydrogens is 1230 g/mol. The molecule has 0 radical (unpaired) electrons. The summed E-state index contributed by atoms with van der Waals surface area (Å²) in [7, 11) is 8.22. The van der Waals surface area contributed by atoms with Crippen LogP contribution in [0.15, 0.2) is 97.2 Å². The molecule has 0 fully saturated rings. The molecular formula is C91H166N2O7. The van der Waals surface area contributed by atoms with E-state index in [1.54, 1.807) is 0 Å². The van der Waals surface area contributed by atoms with Gasteiger partial charge in [-0.15, -0.1) is 0 Å². The van der Waals surface area contributed by atoms with Gasteiger partial charge in [0.25, 0.3) is 0 Å². The van der Waals surface area contributed by atoms with Crippen LogP contribution in [0.5, 0.6) is 0 Å². The lowest BCUT2D eigenvalue weighted by atomic mass is 9.86. The van der Waals surface area contributed by atoms with Crippen molar-refractivity contribution in [2.24, 2.45) is 5.92 Å². The fourth-order valence-electron chi connectivity index (χ4n) is 12.6. The van der Waals surface area contributed by atoms with E-state index in [1.165, 1.54) is 199 Å². The van der Waals surface area contributed by atoms with Crippen LogP contribution >= 0.6 is 0 Å². The van der Waals surface area contributed by atoms with E-state index < -0.39 is 24.2 Å². The Morgan fingerprint density at radius 1 is 0.300 bits per heavy atom. The molecule has 4 atom stereocenters. The number of allylic oxidation sites excluding steroid dienone is 16. The molecule has 582 valence electrons. The third kappa shape index (κ3) is 73.1. The molecule has 9 nitrogen and oxygen atoms in total. The Morgan fingerprint density at radius 2 is 0.570 bits per heavy atom. The molecule has 0 bridgehead atoms. The van der Waals surface area contributed by atoms with Crippen molar-refractivity contribution in [1.82, 2.24) is 9.80 Å². The van der Waals surface area contributed by atoms with Gasteiger partial charge in [-0.05, 0) is 208 Å². The van der Waals surface area contributed by atoms with Crippen molar-refractivity contribution in [2.75, 3.05) is 80.9 Å². The molecule has 0 aliphatic carbocycles. The molecule has 0 saturated heterocycles. The summed E-state index contributed by atoms with van der Waals surface area (Å²) in [6.07, 6.45) is 94.8. The summed E-state index contributed by atoms with van der Waals surface area (Å²) >= 11 is 0. The number of hydrogen-bond donors (Lipinski definition) is 0. The second-order valence-electron chi connectivity index (χ2n) is 29.5. The number of rotatable bonds is 80. The van der Waals surface area contributed by atoms with Crippen LogP contribution in [-0.4, -0.2) is 121 Å². The molecule has 0 heterocycles. The highest BCUT2D eigenvalue weighted by molar-refractivity contribution is 5.79. The zero-order valence-electron chi connectivity index (χ0n) is 67.4. The van der Waals surface area contributed by atoms with Crippen LogP contribution in [-0.2, 0) is 33.3 Å². The molecule has 0 N–H and O–H groups in total. The number of Topliss-reactive ketones (excluding diaryl/α,β-unsaturated/α-hetero) is 1. The van der Waals surface area contributed by atoms with Crippen LogP contribution in [0.1, 0.15) is 368 Å². The molecule has 0 aromatic heterocycles. The van der Waals surface area contributed by atoms with Gasteiger partial charge in [-0.3, -0.25) is 9.59 Å². The van der Waals surface area contributed by atoms with E-state index in [1.807, 2.05) is 14.1 Å². The molecule has 0 aliphatic rings. The summed E-state index contributed by atoms with van der Waals surface area (Å²) in [5.74, 6) is -0.564. The Hall–Kier alpha value is -3.18. The highest BCUT2D eigenvalue weighted by atomic mass is 16.6. The quantitative estimate of drug-likeness (QED) is 0.0336. The van der Waals surface area contributed by atoms with Crippen molar-refractivity contribution in [2.45, 2.75) is 386 Å². The van der Waals surface area contributed by atoms with Crippen molar-refractivity contribution in [3.63, 3.8) is 0 Å². The number of ether oxygens (including phenoxy) is 5. The predicted molar refractivity (Wildman–Crippen MR) is 437 cm³/mol. The topological polar surface area (TPSA) is 86.8 Å². The van der Waals surface area contributed by atoms with Crippen LogP contribution in [0, 0.1) is 5.92 Å². The number of esters is 1. The Kier molecular flexibility index (Phi) is 78.9. The standard InChI is InChI=1S/C91H166N2O7/c1-9-13-17-21-25-29-33-37-41-45-49-53-57-61-65-69-79-96-84-88(98-81-71-67-63-59-55-51-47-43-39-35-31-27-23-19-15-11-3)87(83-86(94)75-73-77-92(5)6)91(100-90(95)76-74-78-93(7)8)89(99-82-72-68-64-60-56-52-48-44-40-36-32-28-24-20-16-12-4)85-97-80-70-66-62-58-54-50-46-42-38-34-30-26-22-18-14-10-2/h25-32,37-44,87-89,91H,9-24,33-36,45-85H2,1-8H3/b29-25-,30-26-,31-27-,32-28-,41-37-,42-38-,43-39-,44-40-. The Bertz CT molecular complexity index is 1800. The van der Waals surface area contributed by atoms with Crippen molar-refractivity contribution in [3.8, 4) is 0 Å². The van der Waals surface area contributed by atoms with Gasteiger partial charge in [0, 0.05) is 51.6 Å². The van der Waals surface area contributed by atoms with Gasteiger partial charge in [-0.1, -0.05) is 279 Å². The molecule has 0 aliphatic heterocycles. The maximum Gasteiger partial charge on any atom is 0.306 e. The molecule has 0 aromatic carbocycles. The minimum atomic E-state index is -0.753. The van der Waals surface area contributed by atoms with Gasteiger partial charge in [0.2, 0.25) is 0 Å². The lowest BCUT2D eigenvalue weighted by Crippen LogP contribution is -2.49. The molecule has 0 amide bonds. The maximum atomic E-state index is 14.6. The molecule has 9 heteroatoms. The van der Waals surface area contributed by atoms with E-state index in [0.29, 0.717) is 45.9 Å². The number of carbonyl (C=O) groups excluding carboxylic acids is 2. The molecule has 4 unspecified atom stereocenters. The van der Waals surface area contributed by atoms with E-state index in [9.17, 15) is 9.59 Å². The van der Waals surface area contributed by atoms with Gasteiger partial charge in [-0.25, -0.2) is 0 Å². The normalized spacial score (nSPS) is 13.8. The van der Waals surface area contributed by atoms with Crippen molar-refractivity contribution in [1.29, 1.82) is 0 Å². The first-order valence-electron chi connectivity index (χ1n) is 42.8. The first-order chi connectivity index (χ1) is 49.2. The largest absolute Gasteiger partial charge is 0.459 e. The number of ketones is 1. The van der Waals surface area contributed by atoms with E-state index >= 15 is 0 Å². The molecule has 0 saturated carbocycles. The van der Waals surface area contributed by atoms with E-state index in [2.05, 4.69) is 149 Å². The van der Waals surface area contributed by atoms with Crippen LogP contribution in [0.2, 0.25) is 0 Å². The lowest BCUT2D eigenvalue weighted by Gasteiger charge is -2.37. The average Bonchev–Trinajstić information content (AvgIpc) is 0.836. The highest BCUT2D eigenvalue weighted by Crippen LogP contribution is 2.29. The van der Waals surface area contributed by atoms with Gasteiger partial charge in [0.1, 0.15) is 18.0 Å². The summed E-state index contributed by atoms with van der Waals surface area (Å²) < 4.78 is 34.3. The Balaban J connectivity index is 6.62. The van der Waals surface area contributed by atoms with Gasteiger partial charge >= 0.3 is 5.97 Å². The summed E-state index contributed by atoms with van der Waals surface area (Å²) in [4.78, 5) is 33.2. The molecule has 100 heavy (non-hydrogen) atoms. The summed E-state index contributed by atoms with van der Waals surface area (Å²) in [6.45, 7) is 13.6. The smallest absolute Gasteiger partial charge is 0.306 e. The second kappa shape index (κ2) is 81.5. The van der Waals surface area contributed by atoms with Gasteiger partial charge in [0.15, 0.2) is 0 Å². The minimum Gasteiger partial charge on any atom is -0.459 e. The second-order valence-corrected chi connectivity index (χ2v) is 29.5. The fraction of sp³-hybridized carbons (Fsp3) is 0.802. The van der Waals surface area contributed by atoms with E-state index in [-0.39, 0.29) is 31.2 Å². The van der Waals surface area contributed by atoms with Crippen molar-refractivity contribution < 1.29 is 33.3 Å². The van der Waals surface area contributed by atoms with Crippen molar-refractivity contribution >= 4 is 11.8 Å². The molecule has 0 spiro atoms. The molecule has 0 rings (SSSR count). The monoisotopic (exact) mass is 1400 g/mol. The average molecular weight is 1400 g/mol. The number of hydrogen-bond acceptors (Lipinski definition) is 9. The summed E-state index contributed by atoms with van der Waals surface area (Å²) in [6, 6.07) is 0. The van der Waals surface area contributed by atoms with Gasteiger partial charge in [0.05, 0.1) is 19.3 Å². The maximum absolute atomic E-state index is 14.6. The Morgan fingerprint density at radius 3 is 0.890 bits per heavy atom. The number of unbranched alkanes of at least 4 members (excludes halogenated alkanes) is 36. The highest BCUT2D eigenvalue weighted by Gasteiger charge is 2.41. The number of carbonyl (C=O) groups is 2. The van der Waals surface area contributed by atoms with Crippen LogP contribution in [0.25, 0.3) is 0 Å². The lowest BCUT2D eigenvalue weighted by molar-refractivity contribution is -0.180. The summed E-state index contributed by atoms with van der Waals surface area (Å²) in [5.41, 5.74) is 0. The molecule has 0 aromatic rings. The van der Waals surface area contributed by atoms with Crippen LogP contribution in [0.4, 0.5) is 0 Å². The SMILES string of the molecule is CCCCC/C=C\C/C=C\CCCCCCCCOCC(OCCCCCCCC/C=C\C/C=C\CCCCC)C(CC(=O)CCCN(C)C)C(OC(=O)CCCN(C)C)C(COCCCCCCCC/C=C\C/C=C\CCCCC)OCCCCCCCC/C=C\C/C=C\CCCCC. The first-order valence-corrected chi connectivity index (χ1v) is 42.8. The first kappa shape index (κ1) is 96.8. The fourth-order valence-corrected chi connectivity index (χ4v) is 12.6. The van der Waals surface area contributed by atoms with Crippen molar-refractivity contribution in [3.05, 3.63) is 97.2 Å². The Labute approximate surface area is 621 Å². The predicted octanol–water partition coefficient (Wildman–Crippen LogP) is 26.2. The van der Waals surface area contributed by atoms with Gasteiger partial charge in [-0.2, -0.15) is 0 Å². The third-order valence-electron chi connectivity index (χ3n) is 18.9. The van der Waals surface area contributed by atoms with E-state index in [0.717, 1.165) is 129 Å².